The van der Waals surface area contributed by atoms with Gasteiger partial charge in [0.25, 0.3) is 0 Å². The number of nitrogens with zero attached hydrogens (tertiary/aromatic N) is 1. The number of amides is 1. The molecule has 0 aliphatic carbocycles. The molecule has 1 N–H and O–H groups in total. The van der Waals surface area contributed by atoms with Crippen LogP contribution in [0.4, 0.5) is 0 Å². The molecule has 3 nitrogen and oxygen atoms in total. The largest absolute Gasteiger partial charge is 0.343 e. The lowest BCUT2D eigenvalue weighted by Crippen LogP contribution is -2.39. The molecule has 0 heterocycles. The minimum atomic E-state index is 0.200. The first-order chi connectivity index (χ1) is 7.04. The van der Waals surface area contributed by atoms with Gasteiger partial charge < -0.3 is 10.2 Å². The molecule has 0 spiro atoms. The Hall–Kier alpha value is -0.830. The van der Waals surface area contributed by atoms with Gasteiger partial charge in [-0.2, -0.15) is 0 Å². The van der Waals surface area contributed by atoms with Crippen LogP contribution >= 0.6 is 0 Å². The Morgan fingerprint density at radius 3 is 2.33 bits per heavy atom. The van der Waals surface area contributed by atoms with E-state index in [1.807, 2.05) is 38.7 Å². The maximum absolute atomic E-state index is 11.7. The lowest BCUT2D eigenvalue weighted by Gasteiger charge is -2.22. The molecule has 0 aromatic rings. The van der Waals surface area contributed by atoms with Crippen LogP contribution in [0.1, 0.15) is 34.1 Å². The SMILES string of the molecule is C=CC(C)NC(C)CC(=O)N(CC)CC. The highest BCUT2D eigenvalue weighted by Gasteiger charge is 2.14. The molecule has 0 aliphatic rings. The van der Waals surface area contributed by atoms with Gasteiger partial charge in [-0.25, -0.2) is 0 Å². The summed E-state index contributed by atoms with van der Waals surface area (Å²) in [6.45, 7) is 13.4. The Kier molecular flexibility index (Phi) is 7.05. The summed E-state index contributed by atoms with van der Waals surface area (Å²) in [7, 11) is 0. The molecule has 2 atom stereocenters. The fraction of sp³-hybridized carbons (Fsp3) is 0.750. The smallest absolute Gasteiger partial charge is 0.224 e. The molecule has 0 aromatic carbocycles. The average Bonchev–Trinajstić information content (AvgIpc) is 2.19. The number of hydrogen-bond donors (Lipinski definition) is 1. The van der Waals surface area contributed by atoms with Crippen LogP contribution in [0.3, 0.4) is 0 Å². The summed E-state index contributed by atoms with van der Waals surface area (Å²) in [5, 5.41) is 3.30. The van der Waals surface area contributed by atoms with Crippen LogP contribution in [0.25, 0.3) is 0 Å². The molecule has 0 aromatic heterocycles. The summed E-state index contributed by atoms with van der Waals surface area (Å²) in [6, 6.07) is 0.454. The van der Waals surface area contributed by atoms with Crippen LogP contribution in [0.15, 0.2) is 12.7 Å². The molecule has 0 rings (SSSR count). The average molecular weight is 212 g/mol. The van der Waals surface area contributed by atoms with Gasteiger partial charge in [-0.3, -0.25) is 4.79 Å². The van der Waals surface area contributed by atoms with Crippen molar-refractivity contribution in [3.63, 3.8) is 0 Å². The van der Waals surface area contributed by atoms with Crippen LogP contribution in [-0.4, -0.2) is 36.0 Å². The van der Waals surface area contributed by atoms with E-state index in [-0.39, 0.29) is 18.0 Å². The molecular weight excluding hydrogens is 188 g/mol. The summed E-state index contributed by atoms with van der Waals surface area (Å²) >= 11 is 0. The van der Waals surface area contributed by atoms with E-state index >= 15 is 0 Å². The summed E-state index contributed by atoms with van der Waals surface area (Å²) in [4.78, 5) is 13.6. The molecule has 15 heavy (non-hydrogen) atoms. The van der Waals surface area contributed by atoms with Crippen molar-refractivity contribution in [1.82, 2.24) is 10.2 Å². The van der Waals surface area contributed by atoms with E-state index in [2.05, 4.69) is 11.9 Å². The van der Waals surface area contributed by atoms with Gasteiger partial charge in [-0.1, -0.05) is 6.08 Å². The second-order valence-electron chi connectivity index (χ2n) is 3.86. The van der Waals surface area contributed by atoms with Crippen LogP contribution in [0, 0.1) is 0 Å². The van der Waals surface area contributed by atoms with Crippen molar-refractivity contribution < 1.29 is 4.79 Å². The van der Waals surface area contributed by atoms with Gasteiger partial charge in [0.15, 0.2) is 0 Å². The molecule has 0 fully saturated rings. The van der Waals surface area contributed by atoms with E-state index in [4.69, 9.17) is 0 Å². The lowest BCUT2D eigenvalue weighted by atomic mass is 10.2. The summed E-state index contributed by atoms with van der Waals surface area (Å²) in [6.07, 6.45) is 2.40. The monoisotopic (exact) mass is 212 g/mol. The Labute approximate surface area is 93.5 Å². The fourth-order valence-corrected chi connectivity index (χ4v) is 1.54. The fourth-order valence-electron chi connectivity index (χ4n) is 1.54. The second kappa shape index (κ2) is 7.46. The summed E-state index contributed by atoms with van der Waals surface area (Å²) < 4.78 is 0. The quantitative estimate of drug-likeness (QED) is 0.653. The molecule has 3 heteroatoms. The molecule has 0 saturated carbocycles. The van der Waals surface area contributed by atoms with Gasteiger partial charge >= 0.3 is 0 Å². The predicted octanol–water partition coefficient (Wildman–Crippen LogP) is 1.80. The third-order valence-corrected chi connectivity index (χ3v) is 2.50. The molecule has 88 valence electrons. The zero-order valence-corrected chi connectivity index (χ0v) is 10.4. The van der Waals surface area contributed by atoms with Gasteiger partial charge in [-0.05, 0) is 27.7 Å². The predicted molar refractivity (Wildman–Crippen MR) is 64.8 cm³/mol. The second-order valence-corrected chi connectivity index (χ2v) is 3.86. The third-order valence-electron chi connectivity index (χ3n) is 2.50. The van der Waals surface area contributed by atoms with Crippen LogP contribution in [0.5, 0.6) is 0 Å². The zero-order valence-electron chi connectivity index (χ0n) is 10.4. The van der Waals surface area contributed by atoms with Gasteiger partial charge in [-0.15, -0.1) is 6.58 Å². The number of carbonyl (C=O) groups excluding carboxylic acids is 1. The summed E-state index contributed by atoms with van der Waals surface area (Å²) in [5.74, 6) is 0.219. The van der Waals surface area contributed by atoms with E-state index in [1.165, 1.54) is 0 Å². The van der Waals surface area contributed by atoms with Crippen LogP contribution in [-0.2, 0) is 4.79 Å². The Morgan fingerprint density at radius 2 is 1.93 bits per heavy atom. The van der Waals surface area contributed by atoms with Gasteiger partial charge in [0.2, 0.25) is 5.91 Å². The maximum atomic E-state index is 11.7. The van der Waals surface area contributed by atoms with Crippen molar-refractivity contribution in [3.05, 3.63) is 12.7 Å². The Morgan fingerprint density at radius 1 is 1.40 bits per heavy atom. The zero-order chi connectivity index (χ0) is 11.8. The van der Waals surface area contributed by atoms with Crippen LogP contribution < -0.4 is 5.32 Å². The van der Waals surface area contributed by atoms with E-state index in [9.17, 15) is 4.79 Å². The minimum Gasteiger partial charge on any atom is -0.343 e. The Bertz CT molecular complexity index is 200. The first-order valence-corrected chi connectivity index (χ1v) is 5.71. The number of hydrogen-bond acceptors (Lipinski definition) is 2. The van der Waals surface area contributed by atoms with Crippen molar-refractivity contribution in [3.8, 4) is 0 Å². The normalized spacial score (nSPS) is 14.4. The van der Waals surface area contributed by atoms with Gasteiger partial charge in [0, 0.05) is 31.6 Å². The van der Waals surface area contributed by atoms with Crippen molar-refractivity contribution in [2.24, 2.45) is 0 Å². The molecular formula is C12H24N2O. The molecule has 0 saturated heterocycles. The minimum absolute atomic E-state index is 0.200. The maximum Gasteiger partial charge on any atom is 0.224 e. The molecule has 2 unspecified atom stereocenters. The number of rotatable bonds is 7. The van der Waals surface area contributed by atoms with E-state index < -0.39 is 0 Å². The molecule has 1 amide bonds. The van der Waals surface area contributed by atoms with Crippen molar-refractivity contribution in [1.29, 1.82) is 0 Å². The number of nitrogens with one attached hydrogen (secondary N) is 1. The topological polar surface area (TPSA) is 32.3 Å². The van der Waals surface area contributed by atoms with Crippen molar-refractivity contribution in [2.75, 3.05) is 13.1 Å². The van der Waals surface area contributed by atoms with Gasteiger partial charge in [0.1, 0.15) is 0 Å². The van der Waals surface area contributed by atoms with E-state index in [0.29, 0.717) is 6.42 Å². The first kappa shape index (κ1) is 14.2. The highest BCUT2D eigenvalue weighted by molar-refractivity contribution is 5.76. The standard InChI is InChI=1S/C12H24N2O/c1-6-10(4)13-11(5)9-12(15)14(7-2)8-3/h6,10-11,13H,1,7-9H2,2-5H3. The molecule has 0 aliphatic heterocycles. The lowest BCUT2D eigenvalue weighted by molar-refractivity contribution is -0.131. The number of carbonyl (C=O) groups is 1. The highest BCUT2D eigenvalue weighted by Crippen LogP contribution is 1.99. The summed E-state index contributed by atoms with van der Waals surface area (Å²) in [5.41, 5.74) is 0. The highest BCUT2D eigenvalue weighted by atomic mass is 16.2. The third kappa shape index (κ3) is 5.57. The van der Waals surface area contributed by atoms with E-state index in [0.717, 1.165) is 13.1 Å². The molecule has 0 radical (unpaired) electrons. The van der Waals surface area contributed by atoms with Crippen molar-refractivity contribution >= 4 is 5.91 Å². The van der Waals surface area contributed by atoms with Crippen molar-refractivity contribution in [2.45, 2.75) is 46.2 Å². The van der Waals surface area contributed by atoms with Crippen LogP contribution in [0.2, 0.25) is 0 Å². The molecule has 0 bridgehead atoms. The first-order valence-electron chi connectivity index (χ1n) is 5.71. The van der Waals surface area contributed by atoms with Gasteiger partial charge in [0.05, 0.1) is 0 Å². The van der Waals surface area contributed by atoms with E-state index in [1.54, 1.807) is 0 Å². The Balaban J connectivity index is 3.99.